The van der Waals surface area contributed by atoms with E-state index in [9.17, 15) is 0 Å². The number of fused-ring (bicyclic) bond motifs is 1. The summed E-state index contributed by atoms with van der Waals surface area (Å²) in [6, 6.07) is 8.21. The number of aromatic nitrogens is 1. The van der Waals surface area contributed by atoms with Gasteiger partial charge >= 0.3 is 0 Å². The maximum Gasteiger partial charge on any atom is 0.107 e. The molecule has 3 rings (SSSR count). The highest BCUT2D eigenvalue weighted by Crippen LogP contribution is 2.34. The summed E-state index contributed by atoms with van der Waals surface area (Å²) in [6.45, 7) is 4.41. The van der Waals surface area contributed by atoms with Gasteiger partial charge in [0.05, 0.1) is 16.8 Å². The Hall–Kier alpha value is -1.68. The van der Waals surface area contributed by atoms with Gasteiger partial charge < -0.3 is 10.6 Å². The second-order valence-electron chi connectivity index (χ2n) is 5.41. The first-order valence-corrected chi connectivity index (χ1v) is 7.54. The standard InChI is InChI=1S/C16H19N3S/c1-2-11-7-8-19(10-11)15-12-5-3-4-6-14(12)18-9-13(15)16(17)20/h3-6,9,11H,2,7-8,10H2,1H3,(H2,17,20). The molecule has 2 heterocycles. The van der Waals surface area contributed by atoms with Crippen molar-refractivity contribution in [1.82, 2.24) is 4.98 Å². The zero-order valence-corrected chi connectivity index (χ0v) is 12.5. The Bertz CT molecular complexity index is 653. The van der Waals surface area contributed by atoms with Gasteiger partial charge in [0.2, 0.25) is 0 Å². The van der Waals surface area contributed by atoms with Crippen molar-refractivity contribution in [3.8, 4) is 0 Å². The van der Waals surface area contributed by atoms with E-state index in [1.165, 1.54) is 18.5 Å². The number of rotatable bonds is 3. The Morgan fingerprint density at radius 2 is 2.25 bits per heavy atom. The van der Waals surface area contributed by atoms with Crippen molar-refractivity contribution in [3.63, 3.8) is 0 Å². The second-order valence-corrected chi connectivity index (χ2v) is 5.85. The van der Waals surface area contributed by atoms with Crippen LogP contribution in [0, 0.1) is 5.92 Å². The third-order valence-electron chi connectivity index (χ3n) is 4.19. The predicted octanol–water partition coefficient (Wildman–Crippen LogP) is 3.11. The van der Waals surface area contributed by atoms with Crippen molar-refractivity contribution in [2.45, 2.75) is 19.8 Å². The number of nitrogens with zero attached hydrogens (tertiary/aromatic N) is 2. The zero-order chi connectivity index (χ0) is 14.1. The van der Waals surface area contributed by atoms with Gasteiger partial charge in [-0.15, -0.1) is 0 Å². The minimum atomic E-state index is 0.429. The van der Waals surface area contributed by atoms with Crippen LogP contribution in [0.3, 0.4) is 0 Å². The lowest BCUT2D eigenvalue weighted by molar-refractivity contribution is 0.569. The fourth-order valence-electron chi connectivity index (χ4n) is 3.02. The highest BCUT2D eigenvalue weighted by atomic mass is 32.1. The van der Waals surface area contributed by atoms with E-state index in [-0.39, 0.29) is 0 Å². The molecular formula is C16H19N3S. The monoisotopic (exact) mass is 285 g/mol. The van der Waals surface area contributed by atoms with E-state index >= 15 is 0 Å². The van der Waals surface area contributed by atoms with Crippen molar-refractivity contribution in [2.75, 3.05) is 18.0 Å². The molecule has 2 aromatic rings. The van der Waals surface area contributed by atoms with E-state index in [1.54, 1.807) is 0 Å². The molecule has 0 spiro atoms. The molecule has 1 unspecified atom stereocenters. The van der Waals surface area contributed by atoms with Crippen LogP contribution in [-0.2, 0) is 0 Å². The summed E-state index contributed by atoms with van der Waals surface area (Å²) >= 11 is 5.22. The van der Waals surface area contributed by atoms with Gasteiger partial charge in [0, 0.05) is 24.7 Å². The van der Waals surface area contributed by atoms with Crippen LogP contribution in [0.15, 0.2) is 30.5 Å². The van der Waals surface area contributed by atoms with Crippen LogP contribution in [0.2, 0.25) is 0 Å². The van der Waals surface area contributed by atoms with Crippen molar-refractivity contribution >= 4 is 33.8 Å². The Morgan fingerprint density at radius 3 is 2.95 bits per heavy atom. The van der Waals surface area contributed by atoms with E-state index in [0.29, 0.717) is 4.99 Å². The summed E-state index contributed by atoms with van der Waals surface area (Å²) in [5, 5.41) is 1.15. The lowest BCUT2D eigenvalue weighted by Crippen LogP contribution is -2.24. The van der Waals surface area contributed by atoms with Crippen LogP contribution in [0.25, 0.3) is 10.9 Å². The average molecular weight is 285 g/mol. The summed E-state index contributed by atoms with van der Waals surface area (Å²) in [5.74, 6) is 0.765. The Kier molecular flexibility index (Phi) is 3.57. The number of anilines is 1. The average Bonchev–Trinajstić information content (AvgIpc) is 2.94. The first-order valence-electron chi connectivity index (χ1n) is 7.13. The van der Waals surface area contributed by atoms with Gasteiger partial charge in [0.15, 0.2) is 0 Å². The fourth-order valence-corrected chi connectivity index (χ4v) is 3.17. The fraction of sp³-hybridized carbons (Fsp3) is 0.375. The van der Waals surface area contributed by atoms with Crippen LogP contribution in [0.5, 0.6) is 0 Å². The minimum absolute atomic E-state index is 0.429. The molecule has 104 valence electrons. The topological polar surface area (TPSA) is 42.1 Å². The Morgan fingerprint density at radius 1 is 1.45 bits per heavy atom. The summed E-state index contributed by atoms with van der Waals surface area (Å²) in [6.07, 6.45) is 4.28. The molecule has 0 radical (unpaired) electrons. The summed E-state index contributed by atoms with van der Waals surface area (Å²) in [7, 11) is 0. The normalized spacial score (nSPS) is 18.6. The number of hydrogen-bond donors (Lipinski definition) is 1. The number of para-hydroxylation sites is 1. The first-order chi connectivity index (χ1) is 9.70. The molecule has 1 aromatic heterocycles. The molecule has 0 saturated carbocycles. The molecule has 1 atom stereocenters. The molecule has 2 N–H and O–H groups in total. The number of nitrogens with two attached hydrogens (primary N) is 1. The lowest BCUT2D eigenvalue weighted by Gasteiger charge is -2.23. The molecule has 1 fully saturated rings. The molecule has 1 aromatic carbocycles. The molecule has 0 aliphatic carbocycles. The lowest BCUT2D eigenvalue weighted by atomic mass is 10.1. The number of pyridine rings is 1. The highest BCUT2D eigenvalue weighted by Gasteiger charge is 2.25. The summed E-state index contributed by atoms with van der Waals surface area (Å²) in [4.78, 5) is 7.33. The van der Waals surface area contributed by atoms with Crippen molar-refractivity contribution < 1.29 is 0 Å². The van der Waals surface area contributed by atoms with Gasteiger partial charge in [-0.25, -0.2) is 0 Å². The SMILES string of the molecule is CCC1CCN(c2c(C(N)=S)cnc3ccccc23)C1. The van der Waals surface area contributed by atoms with E-state index < -0.39 is 0 Å². The van der Waals surface area contributed by atoms with E-state index in [0.717, 1.165) is 35.5 Å². The maximum atomic E-state index is 5.91. The van der Waals surface area contributed by atoms with Crippen molar-refractivity contribution in [3.05, 3.63) is 36.0 Å². The molecule has 1 aliphatic heterocycles. The quantitative estimate of drug-likeness (QED) is 0.880. The predicted molar refractivity (Wildman–Crippen MR) is 88.2 cm³/mol. The first kappa shape index (κ1) is 13.3. The second kappa shape index (κ2) is 5.37. The Labute approximate surface area is 124 Å². The molecule has 4 heteroatoms. The van der Waals surface area contributed by atoms with Crippen LogP contribution in [-0.4, -0.2) is 23.1 Å². The smallest absolute Gasteiger partial charge is 0.107 e. The summed E-state index contributed by atoms with van der Waals surface area (Å²) in [5.41, 5.74) is 8.97. The highest BCUT2D eigenvalue weighted by molar-refractivity contribution is 7.80. The number of hydrogen-bond acceptors (Lipinski definition) is 3. The third-order valence-corrected chi connectivity index (χ3v) is 4.41. The van der Waals surface area contributed by atoms with Gasteiger partial charge in [0.25, 0.3) is 0 Å². The van der Waals surface area contributed by atoms with Crippen LogP contribution in [0.1, 0.15) is 25.3 Å². The van der Waals surface area contributed by atoms with Gasteiger partial charge in [0.1, 0.15) is 4.99 Å². The summed E-state index contributed by atoms with van der Waals surface area (Å²) < 4.78 is 0. The molecule has 1 saturated heterocycles. The van der Waals surface area contributed by atoms with Gasteiger partial charge in [-0.3, -0.25) is 4.98 Å². The Balaban J connectivity index is 2.15. The van der Waals surface area contributed by atoms with Gasteiger partial charge in [-0.05, 0) is 18.4 Å². The van der Waals surface area contributed by atoms with Crippen LogP contribution >= 0.6 is 12.2 Å². The molecular weight excluding hydrogens is 266 g/mol. The van der Waals surface area contributed by atoms with Crippen molar-refractivity contribution in [2.24, 2.45) is 11.7 Å². The van der Waals surface area contributed by atoms with E-state index in [4.69, 9.17) is 18.0 Å². The number of thiocarbonyl (C=S) groups is 1. The maximum absolute atomic E-state index is 5.91. The van der Waals surface area contributed by atoms with Gasteiger partial charge in [-0.1, -0.05) is 43.8 Å². The third kappa shape index (κ3) is 2.24. The van der Waals surface area contributed by atoms with Crippen LogP contribution < -0.4 is 10.6 Å². The minimum Gasteiger partial charge on any atom is -0.389 e. The largest absolute Gasteiger partial charge is 0.389 e. The van der Waals surface area contributed by atoms with E-state index in [2.05, 4.69) is 22.9 Å². The zero-order valence-electron chi connectivity index (χ0n) is 11.7. The number of benzene rings is 1. The van der Waals surface area contributed by atoms with Crippen molar-refractivity contribution in [1.29, 1.82) is 0 Å². The molecule has 20 heavy (non-hydrogen) atoms. The molecule has 1 aliphatic rings. The van der Waals surface area contributed by atoms with Gasteiger partial charge in [-0.2, -0.15) is 0 Å². The van der Waals surface area contributed by atoms with Crippen LogP contribution in [0.4, 0.5) is 5.69 Å². The van der Waals surface area contributed by atoms with E-state index in [1.807, 2.05) is 24.4 Å². The molecule has 0 bridgehead atoms. The molecule has 3 nitrogen and oxygen atoms in total. The molecule has 0 amide bonds.